The van der Waals surface area contributed by atoms with E-state index in [0.717, 1.165) is 0 Å². The first-order chi connectivity index (χ1) is 9.21. The van der Waals surface area contributed by atoms with Crippen LogP contribution in [0.4, 0.5) is 22.0 Å². The first kappa shape index (κ1) is 13.0. The van der Waals surface area contributed by atoms with Crippen molar-refractivity contribution in [3.63, 3.8) is 0 Å². The summed E-state index contributed by atoms with van der Waals surface area (Å²) in [7, 11) is 0. The van der Waals surface area contributed by atoms with Crippen LogP contribution >= 0.6 is 0 Å². The molecule has 4 N–H and O–H groups in total. The molecule has 1 aromatic carbocycles. The molecule has 0 saturated carbocycles. The Bertz CT molecular complexity index is 565. The molecule has 0 aliphatic carbocycles. The van der Waals surface area contributed by atoms with Crippen molar-refractivity contribution in [1.29, 1.82) is 0 Å². The van der Waals surface area contributed by atoms with E-state index in [4.69, 9.17) is 10.6 Å². The molecule has 100 valence electrons. The van der Waals surface area contributed by atoms with E-state index < -0.39 is 0 Å². The van der Waals surface area contributed by atoms with Crippen molar-refractivity contribution in [3.05, 3.63) is 30.1 Å². The van der Waals surface area contributed by atoms with Gasteiger partial charge in [0.25, 0.3) is 0 Å². The highest BCUT2D eigenvalue weighted by Crippen LogP contribution is 2.17. The van der Waals surface area contributed by atoms with Gasteiger partial charge in [0, 0.05) is 5.69 Å². The van der Waals surface area contributed by atoms with Gasteiger partial charge >= 0.3 is 6.01 Å². The van der Waals surface area contributed by atoms with Crippen LogP contribution in [0.2, 0.25) is 0 Å². The number of halogens is 1. The van der Waals surface area contributed by atoms with Crippen molar-refractivity contribution in [2.75, 3.05) is 17.3 Å². The molecule has 1 heterocycles. The number of ether oxygens (including phenoxy) is 1. The Morgan fingerprint density at radius 2 is 2.05 bits per heavy atom. The van der Waals surface area contributed by atoms with Gasteiger partial charge in [-0.1, -0.05) is 6.07 Å². The number of aromatic nitrogens is 3. The largest absolute Gasteiger partial charge is 0.464 e. The maximum atomic E-state index is 13.1. The Labute approximate surface area is 109 Å². The number of benzene rings is 1. The highest BCUT2D eigenvalue weighted by Gasteiger charge is 2.07. The number of rotatable bonds is 5. The lowest BCUT2D eigenvalue weighted by Gasteiger charge is -2.08. The Hall–Kier alpha value is -2.48. The highest BCUT2D eigenvalue weighted by molar-refractivity contribution is 5.54. The molecule has 7 nitrogen and oxygen atoms in total. The molecule has 2 aromatic rings. The number of hydrogen-bond acceptors (Lipinski definition) is 7. The van der Waals surface area contributed by atoms with E-state index >= 15 is 0 Å². The number of hydrazine groups is 1. The predicted octanol–water partition coefficient (Wildman–Crippen LogP) is 1.44. The SMILES string of the molecule is CCOc1nc(NN)nc(Nc2cccc(F)c2)n1. The van der Waals surface area contributed by atoms with Gasteiger partial charge < -0.3 is 10.1 Å². The van der Waals surface area contributed by atoms with Crippen LogP contribution in [0.1, 0.15) is 6.92 Å². The summed E-state index contributed by atoms with van der Waals surface area (Å²) >= 11 is 0. The van der Waals surface area contributed by atoms with Crippen LogP contribution in [0.3, 0.4) is 0 Å². The Kier molecular flexibility index (Phi) is 4.04. The zero-order valence-electron chi connectivity index (χ0n) is 10.2. The summed E-state index contributed by atoms with van der Waals surface area (Å²) in [4.78, 5) is 11.9. The minimum absolute atomic E-state index is 0.129. The lowest BCUT2D eigenvalue weighted by molar-refractivity contribution is 0.312. The van der Waals surface area contributed by atoms with Crippen LogP contribution in [0.25, 0.3) is 0 Å². The number of nitrogens with one attached hydrogen (secondary N) is 2. The predicted molar refractivity (Wildman–Crippen MR) is 68.5 cm³/mol. The Balaban J connectivity index is 2.26. The molecular formula is C11H13FN6O. The summed E-state index contributed by atoms with van der Waals surface area (Å²) < 4.78 is 18.2. The first-order valence-electron chi connectivity index (χ1n) is 5.59. The van der Waals surface area contributed by atoms with Crippen LogP contribution < -0.4 is 21.3 Å². The topological polar surface area (TPSA) is 98.0 Å². The molecular weight excluding hydrogens is 251 g/mol. The van der Waals surface area contributed by atoms with E-state index in [1.807, 2.05) is 0 Å². The minimum Gasteiger partial charge on any atom is -0.464 e. The van der Waals surface area contributed by atoms with Crippen molar-refractivity contribution in [1.82, 2.24) is 15.0 Å². The second-order valence-electron chi connectivity index (χ2n) is 3.48. The van der Waals surface area contributed by atoms with Crippen molar-refractivity contribution < 1.29 is 9.13 Å². The molecule has 0 amide bonds. The Morgan fingerprint density at radius 1 is 1.26 bits per heavy atom. The van der Waals surface area contributed by atoms with Gasteiger partial charge in [-0.05, 0) is 25.1 Å². The smallest absolute Gasteiger partial charge is 0.323 e. The monoisotopic (exact) mass is 264 g/mol. The summed E-state index contributed by atoms with van der Waals surface area (Å²) in [6.07, 6.45) is 0. The normalized spacial score (nSPS) is 10.1. The van der Waals surface area contributed by atoms with Crippen LogP contribution in [0.5, 0.6) is 6.01 Å². The van der Waals surface area contributed by atoms with Crippen molar-refractivity contribution in [3.8, 4) is 6.01 Å². The quantitative estimate of drug-likeness (QED) is 0.555. The molecule has 0 unspecified atom stereocenters. The molecule has 2 rings (SSSR count). The van der Waals surface area contributed by atoms with E-state index in [1.54, 1.807) is 19.1 Å². The Morgan fingerprint density at radius 3 is 2.74 bits per heavy atom. The maximum absolute atomic E-state index is 13.1. The molecule has 8 heteroatoms. The summed E-state index contributed by atoms with van der Waals surface area (Å²) in [5, 5.41) is 2.84. The fraction of sp³-hybridized carbons (Fsp3) is 0.182. The van der Waals surface area contributed by atoms with Crippen LogP contribution in [0, 0.1) is 5.82 Å². The number of anilines is 3. The van der Waals surface area contributed by atoms with E-state index in [9.17, 15) is 4.39 Å². The molecule has 0 saturated heterocycles. The summed E-state index contributed by atoms with van der Waals surface area (Å²) in [5.74, 6) is 5.25. The minimum atomic E-state index is -0.360. The highest BCUT2D eigenvalue weighted by atomic mass is 19.1. The number of hydrogen-bond donors (Lipinski definition) is 3. The van der Waals surface area contributed by atoms with E-state index in [2.05, 4.69) is 25.7 Å². The molecule has 0 radical (unpaired) electrons. The summed E-state index contributed by atoms with van der Waals surface area (Å²) in [6, 6.07) is 6.05. The van der Waals surface area contributed by atoms with Gasteiger partial charge in [0.05, 0.1) is 6.61 Å². The summed E-state index contributed by atoms with van der Waals surface area (Å²) in [5.41, 5.74) is 2.82. The van der Waals surface area contributed by atoms with Crippen LogP contribution in [-0.4, -0.2) is 21.6 Å². The van der Waals surface area contributed by atoms with Gasteiger partial charge in [0.1, 0.15) is 5.82 Å². The third-order valence-electron chi connectivity index (χ3n) is 2.10. The molecule has 1 aromatic heterocycles. The first-order valence-corrected chi connectivity index (χ1v) is 5.59. The fourth-order valence-electron chi connectivity index (χ4n) is 1.37. The zero-order valence-corrected chi connectivity index (χ0v) is 10.2. The molecule has 0 spiro atoms. The molecule has 0 bridgehead atoms. The molecule has 0 fully saturated rings. The standard InChI is InChI=1S/C11H13FN6O/c1-2-19-11-16-9(15-10(17-11)18-13)14-8-5-3-4-7(12)6-8/h3-6H,2,13H2,1H3,(H2,14,15,16,17,18). The van der Waals surface area contributed by atoms with E-state index in [1.165, 1.54) is 12.1 Å². The average Bonchev–Trinajstić information content (AvgIpc) is 2.39. The third-order valence-corrected chi connectivity index (χ3v) is 2.10. The van der Waals surface area contributed by atoms with Crippen LogP contribution in [-0.2, 0) is 0 Å². The number of nitrogens with zero attached hydrogens (tertiary/aromatic N) is 3. The molecule has 0 aliphatic heterocycles. The van der Waals surface area contributed by atoms with E-state index in [-0.39, 0.29) is 23.7 Å². The van der Waals surface area contributed by atoms with Crippen LogP contribution in [0.15, 0.2) is 24.3 Å². The molecule has 0 atom stereocenters. The van der Waals surface area contributed by atoms with Gasteiger partial charge in [-0.3, -0.25) is 5.43 Å². The lowest BCUT2D eigenvalue weighted by Crippen LogP contribution is -2.13. The number of nitrogen functional groups attached to an aromatic ring is 1. The van der Waals surface area contributed by atoms with Gasteiger partial charge in [0.2, 0.25) is 11.9 Å². The molecule has 0 aliphatic rings. The van der Waals surface area contributed by atoms with Crippen molar-refractivity contribution >= 4 is 17.6 Å². The summed E-state index contributed by atoms with van der Waals surface area (Å²) in [6.45, 7) is 2.21. The lowest BCUT2D eigenvalue weighted by atomic mass is 10.3. The van der Waals surface area contributed by atoms with Crippen molar-refractivity contribution in [2.45, 2.75) is 6.92 Å². The maximum Gasteiger partial charge on any atom is 0.323 e. The second kappa shape index (κ2) is 5.91. The zero-order chi connectivity index (χ0) is 13.7. The number of nitrogens with two attached hydrogens (primary N) is 1. The van der Waals surface area contributed by atoms with Gasteiger partial charge in [-0.2, -0.15) is 15.0 Å². The van der Waals surface area contributed by atoms with Crippen molar-refractivity contribution in [2.24, 2.45) is 5.84 Å². The average molecular weight is 264 g/mol. The fourth-order valence-corrected chi connectivity index (χ4v) is 1.37. The van der Waals surface area contributed by atoms with Gasteiger partial charge in [-0.25, -0.2) is 10.2 Å². The van der Waals surface area contributed by atoms with Gasteiger partial charge in [0.15, 0.2) is 0 Å². The second-order valence-corrected chi connectivity index (χ2v) is 3.48. The van der Waals surface area contributed by atoms with E-state index in [0.29, 0.717) is 12.3 Å². The third kappa shape index (κ3) is 3.49. The van der Waals surface area contributed by atoms with Gasteiger partial charge in [-0.15, -0.1) is 0 Å². The molecule has 19 heavy (non-hydrogen) atoms.